The lowest BCUT2D eigenvalue weighted by Crippen LogP contribution is -2.42. The number of halogens is 3. The second-order valence-corrected chi connectivity index (χ2v) is 9.69. The zero-order valence-electron chi connectivity index (χ0n) is 18.4. The van der Waals surface area contributed by atoms with E-state index in [9.17, 15) is 26.4 Å². The monoisotopic (exact) mass is 485 g/mol. The smallest absolute Gasteiger partial charge is 0.462 e. The first-order valence-electron chi connectivity index (χ1n) is 9.98. The normalized spacial score (nSPS) is 18.4. The molecule has 8 nitrogen and oxygen atoms in total. The molecule has 2 heterocycles. The molecular formula is C21H22F3N3O5S. The summed E-state index contributed by atoms with van der Waals surface area (Å²) in [5.74, 6) is -0.883. The average Bonchev–Trinajstić information content (AvgIpc) is 3.21. The number of sulfone groups is 1. The van der Waals surface area contributed by atoms with Gasteiger partial charge in [0.05, 0.1) is 18.8 Å². The van der Waals surface area contributed by atoms with Crippen LogP contribution in [0, 0.1) is 20.8 Å². The molecular weight excluding hydrogens is 463 g/mol. The van der Waals surface area contributed by atoms with Gasteiger partial charge in [-0.15, -0.1) is 0 Å². The number of benzene rings is 1. The van der Waals surface area contributed by atoms with Crippen LogP contribution in [0.4, 0.5) is 13.2 Å². The van der Waals surface area contributed by atoms with Crippen molar-refractivity contribution in [1.29, 1.82) is 0 Å². The molecule has 3 rings (SSSR count). The highest BCUT2D eigenvalue weighted by Gasteiger charge is 2.63. The number of esters is 1. The quantitative estimate of drug-likeness (QED) is 0.538. The van der Waals surface area contributed by atoms with E-state index in [0.717, 1.165) is 17.7 Å². The molecule has 0 amide bonds. The third-order valence-corrected chi connectivity index (χ3v) is 7.08. The Labute approximate surface area is 188 Å². The number of carbonyl (C=O) groups excluding carboxylic acids is 1. The molecule has 2 aromatic rings. The van der Waals surface area contributed by atoms with E-state index in [1.165, 1.54) is 0 Å². The minimum absolute atomic E-state index is 0.0310. The number of pyridine rings is 1. The molecule has 12 heteroatoms. The highest BCUT2D eigenvalue weighted by atomic mass is 32.2. The van der Waals surface area contributed by atoms with E-state index in [2.05, 4.69) is 15.2 Å². The van der Waals surface area contributed by atoms with E-state index in [1.54, 1.807) is 20.8 Å². The predicted octanol–water partition coefficient (Wildman–Crippen LogP) is 4.92. The van der Waals surface area contributed by atoms with Gasteiger partial charge in [-0.1, -0.05) is 17.7 Å². The molecule has 1 aromatic carbocycles. The zero-order valence-corrected chi connectivity index (χ0v) is 19.2. The second kappa shape index (κ2) is 8.73. The van der Waals surface area contributed by atoms with Crippen molar-refractivity contribution >= 4 is 15.8 Å². The van der Waals surface area contributed by atoms with Crippen molar-refractivity contribution in [1.82, 2.24) is 4.98 Å². The minimum Gasteiger partial charge on any atom is -0.462 e. The van der Waals surface area contributed by atoms with Crippen LogP contribution < -0.4 is 4.74 Å². The Balaban J connectivity index is 2.22. The maximum atomic E-state index is 13.5. The number of nitrogens with zero attached hydrogens (tertiary/aromatic N) is 3. The van der Waals surface area contributed by atoms with E-state index >= 15 is 0 Å². The topological polar surface area (TPSA) is 107 Å². The van der Waals surface area contributed by atoms with Crippen LogP contribution in [0.25, 0.3) is 0 Å². The molecule has 1 unspecified atom stereocenters. The number of azo groups is 1. The number of aromatic nitrogens is 1. The summed E-state index contributed by atoms with van der Waals surface area (Å²) in [5.41, 5.74) is -3.99. The molecule has 0 fully saturated rings. The van der Waals surface area contributed by atoms with Gasteiger partial charge >= 0.3 is 11.5 Å². The van der Waals surface area contributed by atoms with Crippen molar-refractivity contribution in [3.8, 4) is 11.6 Å². The SMILES string of the molecule is CCOC(=O)c1ccc(C2(S(=O)(=O)C(F)(F)F)CCN=N2)nc1Oc1c(C)cc(C)cc1C. The van der Waals surface area contributed by atoms with Gasteiger partial charge in [-0.3, -0.25) is 0 Å². The molecule has 33 heavy (non-hydrogen) atoms. The number of carbonyl (C=O) groups is 1. The third-order valence-electron chi connectivity index (χ3n) is 5.09. The van der Waals surface area contributed by atoms with Gasteiger partial charge in [0.25, 0.3) is 9.84 Å². The Bertz CT molecular complexity index is 1210. The van der Waals surface area contributed by atoms with E-state index in [0.29, 0.717) is 16.9 Å². The summed E-state index contributed by atoms with van der Waals surface area (Å²) < 4.78 is 76.3. The van der Waals surface area contributed by atoms with Crippen molar-refractivity contribution in [2.24, 2.45) is 10.2 Å². The summed E-state index contributed by atoms with van der Waals surface area (Å²) in [6.45, 7) is 6.77. The molecule has 0 aliphatic carbocycles. The Kier molecular flexibility index (Phi) is 6.51. The fourth-order valence-electron chi connectivity index (χ4n) is 3.64. The summed E-state index contributed by atoms with van der Waals surface area (Å²) >= 11 is 0. The van der Waals surface area contributed by atoms with Crippen LogP contribution >= 0.6 is 0 Å². The largest absolute Gasteiger partial charge is 0.500 e. The number of hydrogen-bond acceptors (Lipinski definition) is 8. The zero-order chi connectivity index (χ0) is 24.6. The Morgan fingerprint density at radius 3 is 2.30 bits per heavy atom. The standard InChI is InChI=1S/C21H22F3N3O5S/c1-5-31-19(28)15-6-7-16(20(8-9-25-27-20)33(29,30)21(22,23)24)26-18(15)32-17-13(3)10-12(2)11-14(17)4/h6-7,10-11H,5,8-9H2,1-4H3. The molecule has 1 aromatic heterocycles. The van der Waals surface area contributed by atoms with Crippen LogP contribution in [0.5, 0.6) is 11.6 Å². The fraction of sp³-hybridized carbons (Fsp3) is 0.429. The lowest BCUT2D eigenvalue weighted by molar-refractivity contribution is -0.0461. The van der Waals surface area contributed by atoms with Gasteiger partial charge < -0.3 is 9.47 Å². The maximum Gasteiger partial charge on any atom is 0.500 e. The third kappa shape index (κ3) is 4.31. The molecule has 1 aliphatic rings. The molecule has 0 spiro atoms. The van der Waals surface area contributed by atoms with Crippen molar-refractivity contribution in [3.63, 3.8) is 0 Å². The van der Waals surface area contributed by atoms with E-state index in [1.807, 2.05) is 19.1 Å². The Morgan fingerprint density at radius 2 is 1.79 bits per heavy atom. The molecule has 0 saturated carbocycles. The number of ether oxygens (including phenoxy) is 2. The molecule has 0 N–H and O–H groups in total. The van der Waals surface area contributed by atoms with E-state index in [4.69, 9.17) is 9.47 Å². The molecule has 0 radical (unpaired) electrons. The number of rotatable bonds is 6. The molecule has 1 atom stereocenters. The van der Waals surface area contributed by atoms with E-state index in [-0.39, 0.29) is 24.6 Å². The average molecular weight is 485 g/mol. The Hall–Kier alpha value is -3.02. The van der Waals surface area contributed by atoms with Gasteiger partial charge in [0.2, 0.25) is 10.8 Å². The van der Waals surface area contributed by atoms with Crippen molar-refractivity contribution < 1.29 is 35.9 Å². The highest BCUT2D eigenvalue weighted by Crippen LogP contribution is 2.47. The summed E-state index contributed by atoms with van der Waals surface area (Å²) in [6, 6.07) is 5.76. The van der Waals surface area contributed by atoms with Gasteiger partial charge in [0, 0.05) is 6.42 Å². The van der Waals surface area contributed by atoms with Crippen LogP contribution in [-0.2, 0) is 19.4 Å². The Morgan fingerprint density at radius 1 is 1.15 bits per heavy atom. The van der Waals surface area contributed by atoms with Crippen LogP contribution in [0.1, 0.15) is 46.1 Å². The van der Waals surface area contributed by atoms with Crippen molar-refractivity contribution in [2.45, 2.75) is 44.5 Å². The van der Waals surface area contributed by atoms with Crippen molar-refractivity contribution in [3.05, 3.63) is 52.2 Å². The van der Waals surface area contributed by atoms with Crippen LogP contribution in [-0.4, -0.2) is 38.0 Å². The number of alkyl halides is 3. The van der Waals surface area contributed by atoms with E-state index < -0.39 is 38.3 Å². The molecule has 1 aliphatic heterocycles. The van der Waals surface area contributed by atoms with Gasteiger partial charge in [-0.05, 0) is 51.0 Å². The first kappa shape index (κ1) is 24.6. The number of hydrogen-bond donors (Lipinski definition) is 0. The first-order chi connectivity index (χ1) is 15.3. The summed E-state index contributed by atoms with van der Waals surface area (Å²) in [6.07, 6.45) is -0.553. The summed E-state index contributed by atoms with van der Waals surface area (Å²) in [7, 11) is -5.84. The first-order valence-corrected chi connectivity index (χ1v) is 11.5. The maximum absolute atomic E-state index is 13.5. The van der Waals surface area contributed by atoms with Gasteiger partial charge in [-0.25, -0.2) is 18.2 Å². The van der Waals surface area contributed by atoms with Crippen LogP contribution in [0.2, 0.25) is 0 Å². The lowest BCUT2D eigenvalue weighted by Gasteiger charge is -2.25. The predicted molar refractivity (Wildman–Crippen MR) is 112 cm³/mol. The minimum atomic E-state index is -5.84. The highest BCUT2D eigenvalue weighted by molar-refractivity contribution is 7.93. The van der Waals surface area contributed by atoms with Gasteiger partial charge in [-0.2, -0.15) is 23.4 Å². The molecule has 178 valence electrons. The number of aryl methyl sites for hydroxylation is 3. The summed E-state index contributed by atoms with van der Waals surface area (Å²) in [4.78, 5) is 13.7. The van der Waals surface area contributed by atoms with Crippen molar-refractivity contribution in [2.75, 3.05) is 13.2 Å². The van der Waals surface area contributed by atoms with Gasteiger partial charge in [0.1, 0.15) is 11.3 Å². The summed E-state index contributed by atoms with van der Waals surface area (Å²) in [5, 5.41) is 6.97. The second-order valence-electron chi connectivity index (χ2n) is 7.55. The molecule has 0 bridgehead atoms. The van der Waals surface area contributed by atoms with Crippen LogP contribution in [0.3, 0.4) is 0 Å². The van der Waals surface area contributed by atoms with Gasteiger partial charge in [0.15, 0.2) is 0 Å². The molecule has 0 saturated heterocycles. The lowest BCUT2D eigenvalue weighted by atomic mass is 10.1. The fourth-order valence-corrected chi connectivity index (χ4v) is 4.93. The van der Waals surface area contributed by atoms with Crippen LogP contribution in [0.15, 0.2) is 34.5 Å².